The van der Waals surface area contributed by atoms with E-state index in [0.29, 0.717) is 12.8 Å². The lowest BCUT2D eigenvalue weighted by Crippen LogP contribution is -2.42. The summed E-state index contributed by atoms with van der Waals surface area (Å²) in [5, 5.41) is 24.4. The maximum Gasteiger partial charge on any atom is 0.306 e. The molecule has 3 N–H and O–H groups in total. The van der Waals surface area contributed by atoms with Gasteiger partial charge in [-0.05, 0) is 19.3 Å². The molecule has 0 bridgehead atoms. The zero-order valence-corrected chi connectivity index (χ0v) is 34.3. The fraction of sp³-hybridized carbons (Fsp3) is 0.930. The average molecular weight is 755 g/mol. The Hall–Kier alpha value is -2.07. The van der Waals surface area contributed by atoms with E-state index in [1.54, 1.807) is 0 Å². The van der Waals surface area contributed by atoms with Crippen molar-refractivity contribution < 1.29 is 34.1 Å². The number of aliphatic hydroxyl groups is 1. The number of ether oxygens (including phenoxy) is 2. The van der Waals surface area contributed by atoms with E-state index in [2.05, 4.69) is 24.3 Å². The van der Waals surface area contributed by atoms with Gasteiger partial charge in [-0.2, -0.15) is 0 Å². The van der Waals surface area contributed by atoms with Crippen LogP contribution in [-0.2, 0) is 23.9 Å². The number of esters is 1. The van der Waals surface area contributed by atoms with Crippen LogP contribution in [-0.4, -0.2) is 59.6 Å². The lowest BCUT2D eigenvalue weighted by atomic mass is 10.0. The molecule has 0 spiro atoms. The molecular weight excluding hydrogens is 672 g/mol. The van der Waals surface area contributed by atoms with Crippen LogP contribution in [0, 0.1) is 4.91 Å². The molecule has 0 aromatic rings. The number of nitrogens with one attached hydrogen (secondary N) is 1. The number of hydrogen-bond donors (Lipinski definition) is 3. The smallest absolute Gasteiger partial charge is 0.306 e. The number of aliphatic carboxylic acids is 1. The summed E-state index contributed by atoms with van der Waals surface area (Å²) >= 11 is 0. The zero-order valence-electron chi connectivity index (χ0n) is 34.3. The third-order valence-electron chi connectivity index (χ3n) is 10.1. The van der Waals surface area contributed by atoms with Gasteiger partial charge >= 0.3 is 11.9 Å². The molecule has 1 amide bonds. The van der Waals surface area contributed by atoms with E-state index < -0.39 is 42.7 Å². The SMILES string of the molecule is CCCCCCCCCCCCCCCCCC(=O)OC(CNC(=O)C(CC(=O)O)N=O)COC(O)CCCCCCCCCCCCCCCCC. The Morgan fingerprint density at radius 2 is 0.962 bits per heavy atom. The summed E-state index contributed by atoms with van der Waals surface area (Å²) in [6, 6.07) is -1.58. The lowest BCUT2D eigenvalue weighted by Gasteiger charge is -2.21. The van der Waals surface area contributed by atoms with E-state index in [9.17, 15) is 24.4 Å². The molecule has 3 atom stereocenters. The third-order valence-corrected chi connectivity index (χ3v) is 10.1. The fourth-order valence-corrected chi connectivity index (χ4v) is 6.69. The summed E-state index contributed by atoms with van der Waals surface area (Å²) < 4.78 is 11.2. The van der Waals surface area contributed by atoms with Crippen molar-refractivity contribution in [3.8, 4) is 0 Å². The summed E-state index contributed by atoms with van der Waals surface area (Å²) in [5.74, 6) is -2.60. The van der Waals surface area contributed by atoms with Crippen LogP contribution in [0.25, 0.3) is 0 Å². The van der Waals surface area contributed by atoms with Crippen molar-refractivity contribution >= 4 is 17.8 Å². The molecule has 0 aliphatic heterocycles. The molecule has 0 fully saturated rings. The number of carbonyl (C=O) groups is 3. The predicted octanol–water partition coefficient (Wildman–Crippen LogP) is 11.5. The highest BCUT2D eigenvalue weighted by Crippen LogP contribution is 2.16. The predicted molar refractivity (Wildman–Crippen MR) is 216 cm³/mol. The number of hydrogen-bond acceptors (Lipinski definition) is 8. The number of nitroso groups, excluding NO2 is 1. The molecule has 0 aromatic heterocycles. The van der Waals surface area contributed by atoms with Crippen molar-refractivity contribution in [1.29, 1.82) is 0 Å². The van der Waals surface area contributed by atoms with Crippen LogP contribution in [0.3, 0.4) is 0 Å². The van der Waals surface area contributed by atoms with Crippen molar-refractivity contribution in [2.45, 2.75) is 244 Å². The summed E-state index contributed by atoms with van der Waals surface area (Å²) in [4.78, 5) is 47.0. The van der Waals surface area contributed by atoms with E-state index in [1.165, 1.54) is 148 Å². The van der Waals surface area contributed by atoms with Crippen LogP contribution in [0.1, 0.15) is 226 Å². The van der Waals surface area contributed by atoms with Crippen molar-refractivity contribution in [1.82, 2.24) is 5.32 Å². The normalized spacial score (nSPS) is 13.0. The van der Waals surface area contributed by atoms with Gasteiger partial charge in [0, 0.05) is 6.42 Å². The van der Waals surface area contributed by atoms with Gasteiger partial charge in [0.1, 0.15) is 6.10 Å². The molecule has 53 heavy (non-hydrogen) atoms. The second-order valence-corrected chi connectivity index (χ2v) is 15.3. The van der Waals surface area contributed by atoms with Gasteiger partial charge in [0.2, 0.25) is 5.91 Å². The molecule has 10 nitrogen and oxygen atoms in total. The second-order valence-electron chi connectivity index (χ2n) is 15.3. The number of carbonyl (C=O) groups excluding carboxylic acids is 2. The summed E-state index contributed by atoms with van der Waals surface area (Å²) in [7, 11) is 0. The monoisotopic (exact) mass is 755 g/mol. The third kappa shape index (κ3) is 36.7. The van der Waals surface area contributed by atoms with Gasteiger partial charge in [0.15, 0.2) is 12.3 Å². The van der Waals surface area contributed by atoms with E-state index in [4.69, 9.17) is 14.6 Å². The van der Waals surface area contributed by atoms with Crippen molar-refractivity contribution in [2.24, 2.45) is 5.18 Å². The van der Waals surface area contributed by atoms with Crippen molar-refractivity contribution in [3.05, 3.63) is 4.91 Å². The van der Waals surface area contributed by atoms with E-state index >= 15 is 0 Å². The maximum atomic E-state index is 12.6. The Morgan fingerprint density at radius 1 is 0.585 bits per heavy atom. The Kier molecular flexibility index (Phi) is 38.1. The minimum absolute atomic E-state index is 0.136. The first-order valence-corrected chi connectivity index (χ1v) is 22.1. The van der Waals surface area contributed by atoms with E-state index in [0.717, 1.165) is 38.5 Å². The molecule has 0 radical (unpaired) electrons. The standard InChI is InChI=1S/C43H82N2O8/c1-3-5-7-9-11-13-15-17-19-21-23-25-27-29-31-33-41(48)52-37-38(36-44-43(50)39(45-51)35-40(46)47)53-42(49)34-32-30-28-26-24-22-20-18-16-14-12-10-8-6-4-2/h38-39,41,48H,3-37H2,1-2H3,(H,44,50)(H,46,47). The average Bonchev–Trinajstić information content (AvgIpc) is 3.14. The molecular formula is C43H82N2O8. The number of unbranched alkanes of at least 4 members (excludes halogenated alkanes) is 28. The van der Waals surface area contributed by atoms with Crippen molar-refractivity contribution in [3.63, 3.8) is 0 Å². The van der Waals surface area contributed by atoms with Gasteiger partial charge in [-0.15, -0.1) is 4.91 Å². The summed E-state index contributed by atoms with van der Waals surface area (Å²) in [6.07, 6.45) is 35.4. The summed E-state index contributed by atoms with van der Waals surface area (Å²) in [5.41, 5.74) is 0. The number of nitrogens with zero attached hydrogens (tertiary/aromatic N) is 1. The molecule has 3 unspecified atom stereocenters. The van der Waals surface area contributed by atoms with Crippen LogP contribution in [0.15, 0.2) is 5.18 Å². The Bertz CT molecular complexity index is 858. The molecule has 0 saturated heterocycles. The topological polar surface area (TPSA) is 152 Å². The number of amides is 1. The highest BCUT2D eigenvalue weighted by atomic mass is 16.6. The Labute approximate surface area is 324 Å². The van der Waals surface area contributed by atoms with Gasteiger partial charge in [-0.3, -0.25) is 14.4 Å². The summed E-state index contributed by atoms with van der Waals surface area (Å²) in [6.45, 7) is 4.19. The second kappa shape index (κ2) is 39.6. The van der Waals surface area contributed by atoms with Crippen LogP contribution in [0.4, 0.5) is 0 Å². The molecule has 0 heterocycles. The van der Waals surface area contributed by atoms with Crippen molar-refractivity contribution in [2.75, 3.05) is 13.2 Å². The first kappa shape index (κ1) is 50.9. The van der Waals surface area contributed by atoms with Gasteiger partial charge in [0.05, 0.1) is 19.6 Å². The largest absolute Gasteiger partial charge is 0.481 e. The molecule has 0 aromatic carbocycles. The van der Waals surface area contributed by atoms with Gasteiger partial charge in [0.25, 0.3) is 0 Å². The number of carboxylic acid groups (broad SMARTS) is 1. The van der Waals surface area contributed by atoms with Crippen LogP contribution < -0.4 is 5.32 Å². The van der Waals surface area contributed by atoms with E-state index in [1.807, 2.05) is 0 Å². The number of rotatable bonds is 42. The van der Waals surface area contributed by atoms with Gasteiger partial charge in [-0.1, -0.05) is 199 Å². The minimum Gasteiger partial charge on any atom is -0.481 e. The van der Waals surface area contributed by atoms with Gasteiger partial charge in [-0.25, -0.2) is 0 Å². The molecule has 312 valence electrons. The van der Waals surface area contributed by atoms with Gasteiger partial charge < -0.3 is 25.0 Å². The first-order chi connectivity index (χ1) is 25.8. The maximum absolute atomic E-state index is 12.6. The first-order valence-electron chi connectivity index (χ1n) is 22.1. The van der Waals surface area contributed by atoms with Crippen LogP contribution in [0.5, 0.6) is 0 Å². The highest BCUT2D eigenvalue weighted by molar-refractivity contribution is 5.86. The van der Waals surface area contributed by atoms with E-state index in [-0.39, 0.29) is 19.6 Å². The Morgan fingerprint density at radius 3 is 1.34 bits per heavy atom. The van der Waals surface area contributed by atoms with Crippen LogP contribution >= 0.6 is 0 Å². The lowest BCUT2D eigenvalue weighted by molar-refractivity contribution is -0.163. The van der Waals surface area contributed by atoms with Crippen LogP contribution in [0.2, 0.25) is 0 Å². The molecule has 0 aliphatic carbocycles. The number of aliphatic hydroxyl groups excluding tert-OH is 1. The zero-order chi connectivity index (χ0) is 39.0. The molecule has 0 saturated carbocycles. The fourth-order valence-electron chi connectivity index (χ4n) is 6.69. The molecule has 10 heteroatoms. The molecule has 0 rings (SSSR count). The quantitative estimate of drug-likeness (QED) is 0.0241. The number of carboxylic acids is 1. The Balaban J connectivity index is 4.26. The minimum atomic E-state index is -1.58. The molecule has 0 aliphatic rings. The highest BCUT2D eigenvalue weighted by Gasteiger charge is 2.25.